The van der Waals surface area contributed by atoms with Crippen LogP contribution in [0.25, 0.3) is 0 Å². The summed E-state index contributed by atoms with van der Waals surface area (Å²) in [5.41, 5.74) is 0. The first kappa shape index (κ1) is 12.1. The summed E-state index contributed by atoms with van der Waals surface area (Å²) in [6, 6.07) is 0. The summed E-state index contributed by atoms with van der Waals surface area (Å²) >= 11 is 0. The number of aliphatic carboxylic acids is 1. The normalized spacial score (nSPS) is 27.6. The predicted molar refractivity (Wildman–Crippen MR) is 63.4 cm³/mol. The van der Waals surface area contributed by atoms with Gasteiger partial charge in [0.15, 0.2) is 0 Å². The van der Waals surface area contributed by atoms with E-state index in [0.29, 0.717) is 18.9 Å². The van der Waals surface area contributed by atoms with Crippen LogP contribution in [0.2, 0.25) is 0 Å². The van der Waals surface area contributed by atoms with Gasteiger partial charge < -0.3 is 10.0 Å². The first-order valence-electron chi connectivity index (χ1n) is 6.31. The standard InChI is InChI=1S/C13H19NO3/c15-12(7-10-3-1-2-4-10)14-6-5-11(9-14)8-13(16)17/h1,3,10-11H,2,4-9H2,(H,16,17). The maximum atomic E-state index is 12.0. The van der Waals surface area contributed by atoms with Crippen molar-refractivity contribution in [3.05, 3.63) is 12.2 Å². The monoisotopic (exact) mass is 237 g/mol. The Morgan fingerprint density at radius 3 is 2.76 bits per heavy atom. The number of likely N-dealkylation sites (tertiary alicyclic amines) is 1. The van der Waals surface area contributed by atoms with E-state index < -0.39 is 5.97 Å². The average molecular weight is 237 g/mol. The maximum absolute atomic E-state index is 12.0. The van der Waals surface area contributed by atoms with Crippen molar-refractivity contribution in [3.63, 3.8) is 0 Å². The molecule has 4 heteroatoms. The zero-order chi connectivity index (χ0) is 12.3. The van der Waals surface area contributed by atoms with Crippen LogP contribution in [0.1, 0.15) is 32.1 Å². The van der Waals surface area contributed by atoms with Gasteiger partial charge in [0.25, 0.3) is 0 Å². The third-order valence-corrected chi connectivity index (χ3v) is 3.65. The van der Waals surface area contributed by atoms with E-state index >= 15 is 0 Å². The third kappa shape index (κ3) is 3.32. The molecule has 1 saturated heterocycles. The number of rotatable bonds is 4. The first-order valence-corrected chi connectivity index (χ1v) is 6.31. The van der Waals surface area contributed by atoms with Crippen LogP contribution in [0.15, 0.2) is 12.2 Å². The fourth-order valence-corrected chi connectivity index (χ4v) is 2.69. The topological polar surface area (TPSA) is 57.6 Å². The molecule has 1 aliphatic heterocycles. The fourth-order valence-electron chi connectivity index (χ4n) is 2.69. The summed E-state index contributed by atoms with van der Waals surface area (Å²) in [6.45, 7) is 1.36. The third-order valence-electron chi connectivity index (χ3n) is 3.65. The molecule has 2 aliphatic rings. The van der Waals surface area contributed by atoms with Crippen molar-refractivity contribution in [1.82, 2.24) is 4.90 Å². The lowest BCUT2D eigenvalue weighted by molar-refractivity contribution is -0.138. The number of carbonyl (C=O) groups excluding carboxylic acids is 1. The number of nitrogens with zero attached hydrogens (tertiary/aromatic N) is 1. The minimum Gasteiger partial charge on any atom is -0.481 e. The Morgan fingerprint density at radius 1 is 1.29 bits per heavy atom. The number of carbonyl (C=O) groups is 2. The smallest absolute Gasteiger partial charge is 0.303 e. The second kappa shape index (κ2) is 5.34. The summed E-state index contributed by atoms with van der Waals surface area (Å²) in [4.78, 5) is 24.4. The number of allylic oxidation sites excluding steroid dienone is 2. The van der Waals surface area contributed by atoms with E-state index in [1.165, 1.54) is 0 Å². The molecule has 2 unspecified atom stereocenters. The highest BCUT2D eigenvalue weighted by molar-refractivity contribution is 5.77. The van der Waals surface area contributed by atoms with Crippen molar-refractivity contribution < 1.29 is 14.7 Å². The van der Waals surface area contributed by atoms with E-state index in [1.54, 1.807) is 0 Å². The molecule has 1 fully saturated rings. The molecule has 0 spiro atoms. The molecule has 94 valence electrons. The van der Waals surface area contributed by atoms with Gasteiger partial charge in [0.05, 0.1) is 0 Å². The van der Waals surface area contributed by atoms with Gasteiger partial charge in [0.1, 0.15) is 0 Å². The van der Waals surface area contributed by atoms with Crippen LogP contribution in [-0.4, -0.2) is 35.0 Å². The van der Waals surface area contributed by atoms with Crippen molar-refractivity contribution in [3.8, 4) is 0 Å². The lowest BCUT2D eigenvalue weighted by Gasteiger charge is -2.18. The predicted octanol–water partition coefficient (Wildman–Crippen LogP) is 1.67. The number of hydrogen-bond acceptors (Lipinski definition) is 2. The van der Waals surface area contributed by atoms with Gasteiger partial charge in [0, 0.05) is 25.9 Å². The number of hydrogen-bond donors (Lipinski definition) is 1. The highest BCUT2D eigenvalue weighted by Gasteiger charge is 2.28. The Hall–Kier alpha value is -1.32. The molecule has 0 aromatic carbocycles. The molecule has 0 bridgehead atoms. The highest BCUT2D eigenvalue weighted by atomic mass is 16.4. The molecule has 1 heterocycles. The molecular formula is C13H19NO3. The molecule has 0 radical (unpaired) electrons. The van der Waals surface area contributed by atoms with Gasteiger partial charge in [-0.05, 0) is 31.1 Å². The van der Waals surface area contributed by atoms with Crippen LogP contribution in [0.5, 0.6) is 0 Å². The van der Waals surface area contributed by atoms with Gasteiger partial charge in [-0.15, -0.1) is 0 Å². The van der Waals surface area contributed by atoms with E-state index in [-0.39, 0.29) is 18.2 Å². The van der Waals surface area contributed by atoms with E-state index in [4.69, 9.17) is 5.11 Å². The van der Waals surface area contributed by atoms with E-state index in [2.05, 4.69) is 12.2 Å². The zero-order valence-corrected chi connectivity index (χ0v) is 9.97. The van der Waals surface area contributed by atoms with Crippen LogP contribution in [-0.2, 0) is 9.59 Å². The molecule has 0 aromatic heterocycles. The molecular weight excluding hydrogens is 218 g/mol. The van der Waals surface area contributed by atoms with Gasteiger partial charge in [-0.1, -0.05) is 12.2 Å². The van der Waals surface area contributed by atoms with Crippen LogP contribution < -0.4 is 0 Å². The molecule has 17 heavy (non-hydrogen) atoms. The van der Waals surface area contributed by atoms with Crippen LogP contribution in [0.3, 0.4) is 0 Å². The lowest BCUT2D eigenvalue weighted by atomic mass is 10.0. The largest absolute Gasteiger partial charge is 0.481 e. The Labute approximate surface area is 101 Å². The van der Waals surface area contributed by atoms with Crippen molar-refractivity contribution in [2.75, 3.05) is 13.1 Å². The lowest BCUT2D eigenvalue weighted by Crippen LogP contribution is -2.30. The van der Waals surface area contributed by atoms with E-state index in [0.717, 1.165) is 25.8 Å². The van der Waals surface area contributed by atoms with Crippen LogP contribution >= 0.6 is 0 Å². The van der Waals surface area contributed by atoms with Gasteiger partial charge in [-0.2, -0.15) is 0 Å². The number of amides is 1. The molecule has 1 N–H and O–H groups in total. The zero-order valence-electron chi connectivity index (χ0n) is 9.97. The number of carboxylic acids is 1. The molecule has 1 aliphatic carbocycles. The Morgan fingerprint density at radius 2 is 2.12 bits per heavy atom. The first-order chi connectivity index (χ1) is 8.15. The van der Waals surface area contributed by atoms with Crippen molar-refractivity contribution >= 4 is 11.9 Å². The SMILES string of the molecule is O=C(O)CC1CCN(C(=O)CC2C=CCC2)C1. The minimum atomic E-state index is -0.761. The van der Waals surface area contributed by atoms with Crippen LogP contribution in [0, 0.1) is 11.8 Å². The summed E-state index contributed by atoms with van der Waals surface area (Å²) in [5, 5.41) is 8.72. The number of carboxylic acid groups (broad SMARTS) is 1. The summed E-state index contributed by atoms with van der Waals surface area (Å²) in [6.07, 6.45) is 8.04. The van der Waals surface area contributed by atoms with Crippen molar-refractivity contribution in [2.45, 2.75) is 32.1 Å². The molecule has 0 aromatic rings. The van der Waals surface area contributed by atoms with Gasteiger partial charge >= 0.3 is 5.97 Å². The van der Waals surface area contributed by atoms with Gasteiger partial charge in [-0.25, -0.2) is 0 Å². The maximum Gasteiger partial charge on any atom is 0.303 e. The second-order valence-electron chi connectivity index (χ2n) is 5.06. The second-order valence-corrected chi connectivity index (χ2v) is 5.06. The highest BCUT2D eigenvalue weighted by Crippen LogP contribution is 2.24. The molecule has 1 amide bonds. The van der Waals surface area contributed by atoms with E-state index in [1.807, 2.05) is 4.90 Å². The van der Waals surface area contributed by atoms with Crippen LogP contribution in [0.4, 0.5) is 0 Å². The summed E-state index contributed by atoms with van der Waals surface area (Å²) in [7, 11) is 0. The summed E-state index contributed by atoms with van der Waals surface area (Å²) < 4.78 is 0. The van der Waals surface area contributed by atoms with Gasteiger partial charge in [-0.3, -0.25) is 9.59 Å². The average Bonchev–Trinajstić information content (AvgIpc) is 2.87. The molecule has 0 saturated carbocycles. The Bertz CT molecular complexity index is 338. The molecule has 2 rings (SSSR count). The summed E-state index contributed by atoms with van der Waals surface area (Å²) in [5.74, 6) is -0.0194. The quantitative estimate of drug-likeness (QED) is 0.757. The minimum absolute atomic E-state index is 0.149. The van der Waals surface area contributed by atoms with Crippen molar-refractivity contribution in [2.24, 2.45) is 11.8 Å². The Balaban J connectivity index is 1.77. The fraction of sp³-hybridized carbons (Fsp3) is 0.692. The van der Waals surface area contributed by atoms with Gasteiger partial charge in [0.2, 0.25) is 5.91 Å². The molecule has 4 nitrogen and oxygen atoms in total. The van der Waals surface area contributed by atoms with E-state index in [9.17, 15) is 9.59 Å². The van der Waals surface area contributed by atoms with Crippen molar-refractivity contribution in [1.29, 1.82) is 0 Å². The molecule has 2 atom stereocenters. The Kier molecular flexibility index (Phi) is 3.82.